The van der Waals surface area contributed by atoms with Gasteiger partial charge < -0.3 is 15.2 Å². The molecule has 2 N–H and O–H groups in total. The summed E-state index contributed by atoms with van der Waals surface area (Å²) in [4.78, 5) is 15.9. The third kappa shape index (κ3) is 3.76. The number of hydrogen-bond acceptors (Lipinski definition) is 5. The van der Waals surface area contributed by atoms with Crippen molar-refractivity contribution < 1.29 is 14.6 Å². The van der Waals surface area contributed by atoms with Crippen LogP contribution in [0.5, 0.6) is 0 Å². The molecule has 1 aliphatic rings. The highest BCUT2D eigenvalue weighted by Gasteiger charge is 2.18. The van der Waals surface area contributed by atoms with E-state index < -0.39 is 6.10 Å². The number of thiazole rings is 1. The van der Waals surface area contributed by atoms with Crippen LogP contribution in [0.2, 0.25) is 0 Å². The van der Waals surface area contributed by atoms with Crippen molar-refractivity contribution in [1.29, 1.82) is 0 Å². The molecular weight excluding hydrogens is 252 g/mol. The van der Waals surface area contributed by atoms with E-state index in [2.05, 4.69) is 10.3 Å². The highest BCUT2D eigenvalue weighted by Crippen LogP contribution is 2.21. The van der Waals surface area contributed by atoms with Gasteiger partial charge >= 0.3 is 0 Å². The molecule has 0 radical (unpaired) electrons. The Morgan fingerprint density at radius 3 is 3.17 bits per heavy atom. The van der Waals surface area contributed by atoms with E-state index in [1.807, 2.05) is 0 Å². The maximum atomic E-state index is 11.8. The average molecular weight is 270 g/mol. The molecule has 0 aromatic carbocycles. The van der Waals surface area contributed by atoms with Gasteiger partial charge in [-0.2, -0.15) is 0 Å². The number of nitrogens with zero attached hydrogens (tertiary/aromatic N) is 1. The molecule has 1 saturated heterocycles. The fourth-order valence-electron chi connectivity index (χ4n) is 1.88. The van der Waals surface area contributed by atoms with Crippen LogP contribution in [0.4, 0.5) is 5.13 Å². The molecule has 1 aromatic rings. The zero-order valence-corrected chi connectivity index (χ0v) is 11.2. The summed E-state index contributed by atoms with van der Waals surface area (Å²) in [5.41, 5.74) is 0.587. The molecule has 2 atom stereocenters. The summed E-state index contributed by atoms with van der Waals surface area (Å²) < 4.78 is 5.51. The van der Waals surface area contributed by atoms with Crippen LogP contribution in [0, 0.1) is 0 Å². The van der Waals surface area contributed by atoms with E-state index in [-0.39, 0.29) is 12.0 Å². The summed E-state index contributed by atoms with van der Waals surface area (Å²) in [7, 11) is 0. The summed E-state index contributed by atoms with van der Waals surface area (Å²) in [6, 6.07) is 0. The van der Waals surface area contributed by atoms with E-state index in [1.54, 1.807) is 12.3 Å². The van der Waals surface area contributed by atoms with Crippen molar-refractivity contribution in [3.05, 3.63) is 11.1 Å². The fourth-order valence-corrected chi connectivity index (χ4v) is 2.69. The first kappa shape index (κ1) is 13.5. The number of nitrogens with one attached hydrogen (secondary N) is 1. The van der Waals surface area contributed by atoms with Gasteiger partial charge in [0.15, 0.2) is 5.13 Å². The second-order valence-electron chi connectivity index (χ2n) is 4.49. The molecule has 0 spiro atoms. The summed E-state index contributed by atoms with van der Waals surface area (Å²) >= 11 is 1.32. The number of aliphatic hydroxyl groups is 1. The first-order valence-electron chi connectivity index (χ1n) is 6.20. The molecule has 2 rings (SSSR count). The van der Waals surface area contributed by atoms with Crippen LogP contribution in [0.25, 0.3) is 0 Å². The lowest BCUT2D eigenvalue weighted by Gasteiger charge is -2.21. The van der Waals surface area contributed by atoms with Gasteiger partial charge in [0.25, 0.3) is 0 Å². The number of hydrogen-bond donors (Lipinski definition) is 2. The van der Waals surface area contributed by atoms with Crippen LogP contribution < -0.4 is 5.32 Å². The average Bonchev–Trinajstić information content (AvgIpc) is 2.78. The molecule has 1 fully saturated rings. The van der Waals surface area contributed by atoms with E-state index >= 15 is 0 Å². The molecule has 5 nitrogen and oxygen atoms in total. The lowest BCUT2D eigenvalue weighted by Crippen LogP contribution is -2.25. The third-order valence-electron chi connectivity index (χ3n) is 2.88. The van der Waals surface area contributed by atoms with Crippen LogP contribution >= 0.6 is 11.3 Å². The normalized spacial score (nSPS) is 21.6. The summed E-state index contributed by atoms with van der Waals surface area (Å²) in [5.74, 6) is -0.0756. The molecule has 6 heteroatoms. The molecule has 100 valence electrons. The van der Waals surface area contributed by atoms with Gasteiger partial charge in [-0.15, -0.1) is 11.3 Å². The number of aromatic nitrogens is 1. The van der Waals surface area contributed by atoms with Crippen molar-refractivity contribution in [3.8, 4) is 0 Å². The molecular formula is C12H18N2O3S. The van der Waals surface area contributed by atoms with Crippen molar-refractivity contribution >= 4 is 22.4 Å². The summed E-state index contributed by atoms with van der Waals surface area (Å²) in [6.45, 7) is 2.40. The molecule has 2 heterocycles. The van der Waals surface area contributed by atoms with Crippen molar-refractivity contribution in [2.45, 2.75) is 44.8 Å². The van der Waals surface area contributed by atoms with E-state index in [4.69, 9.17) is 4.74 Å². The second kappa shape index (κ2) is 6.26. The van der Waals surface area contributed by atoms with Gasteiger partial charge in [0.1, 0.15) is 0 Å². The van der Waals surface area contributed by atoms with Crippen molar-refractivity contribution in [1.82, 2.24) is 4.98 Å². The standard InChI is InChI=1S/C12H18N2O3S/c1-8(15)10-7-18-12(13-10)14-11(16)6-9-4-2-3-5-17-9/h7-9,15H,2-6H2,1H3,(H,13,14,16). The predicted molar refractivity (Wildman–Crippen MR) is 69.6 cm³/mol. The zero-order chi connectivity index (χ0) is 13.0. The van der Waals surface area contributed by atoms with Gasteiger partial charge in [-0.3, -0.25) is 4.79 Å². The molecule has 0 saturated carbocycles. The van der Waals surface area contributed by atoms with Crippen LogP contribution in [-0.4, -0.2) is 28.7 Å². The smallest absolute Gasteiger partial charge is 0.228 e. The van der Waals surface area contributed by atoms with Gasteiger partial charge in [0, 0.05) is 12.0 Å². The SMILES string of the molecule is CC(O)c1csc(NC(=O)CC2CCCCO2)n1. The minimum absolute atomic E-state index is 0.0370. The lowest BCUT2D eigenvalue weighted by molar-refractivity contribution is -0.119. The van der Waals surface area contributed by atoms with Gasteiger partial charge in [-0.25, -0.2) is 4.98 Å². The van der Waals surface area contributed by atoms with Gasteiger partial charge in [-0.05, 0) is 26.2 Å². The topological polar surface area (TPSA) is 71.5 Å². The number of aliphatic hydroxyl groups excluding tert-OH is 1. The number of carbonyl (C=O) groups is 1. The quantitative estimate of drug-likeness (QED) is 0.879. The third-order valence-corrected chi connectivity index (χ3v) is 3.66. The first-order chi connectivity index (χ1) is 8.65. The summed E-state index contributed by atoms with van der Waals surface area (Å²) in [5, 5.41) is 14.4. The molecule has 2 unspecified atom stereocenters. The van der Waals surface area contributed by atoms with Crippen molar-refractivity contribution in [3.63, 3.8) is 0 Å². The predicted octanol–water partition coefficient (Wildman–Crippen LogP) is 2.09. The fraction of sp³-hybridized carbons (Fsp3) is 0.667. The minimum atomic E-state index is -0.603. The number of ether oxygens (including phenoxy) is 1. The van der Waals surface area contributed by atoms with E-state index in [0.29, 0.717) is 17.2 Å². The highest BCUT2D eigenvalue weighted by molar-refractivity contribution is 7.13. The lowest BCUT2D eigenvalue weighted by atomic mass is 10.1. The molecule has 1 aromatic heterocycles. The first-order valence-corrected chi connectivity index (χ1v) is 7.08. The Kier molecular flexibility index (Phi) is 4.68. The molecule has 1 amide bonds. The summed E-state index contributed by atoms with van der Waals surface area (Å²) in [6.07, 6.45) is 2.97. The molecule has 1 aliphatic heterocycles. The van der Waals surface area contributed by atoms with Gasteiger partial charge in [0.2, 0.25) is 5.91 Å². The minimum Gasteiger partial charge on any atom is -0.387 e. The van der Waals surface area contributed by atoms with Crippen LogP contribution in [0.1, 0.15) is 44.4 Å². The van der Waals surface area contributed by atoms with Crippen LogP contribution in [0.15, 0.2) is 5.38 Å². The van der Waals surface area contributed by atoms with E-state index in [0.717, 1.165) is 25.9 Å². The van der Waals surface area contributed by atoms with E-state index in [1.165, 1.54) is 11.3 Å². The number of carbonyl (C=O) groups excluding carboxylic acids is 1. The van der Waals surface area contributed by atoms with Gasteiger partial charge in [0.05, 0.1) is 24.3 Å². The monoisotopic (exact) mass is 270 g/mol. The molecule has 0 bridgehead atoms. The number of amides is 1. The van der Waals surface area contributed by atoms with Gasteiger partial charge in [-0.1, -0.05) is 0 Å². The number of rotatable bonds is 4. The Bertz CT molecular complexity index is 400. The van der Waals surface area contributed by atoms with Crippen molar-refractivity contribution in [2.75, 3.05) is 11.9 Å². The Morgan fingerprint density at radius 1 is 1.72 bits per heavy atom. The van der Waals surface area contributed by atoms with Crippen LogP contribution in [-0.2, 0) is 9.53 Å². The number of anilines is 1. The Morgan fingerprint density at radius 2 is 2.56 bits per heavy atom. The Labute approximate surface area is 110 Å². The zero-order valence-electron chi connectivity index (χ0n) is 10.4. The maximum absolute atomic E-state index is 11.8. The van der Waals surface area contributed by atoms with Crippen molar-refractivity contribution in [2.24, 2.45) is 0 Å². The van der Waals surface area contributed by atoms with E-state index in [9.17, 15) is 9.90 Å². The molecule has 0 aliphatic carbocycles. The largest absolute Gasteiger partial charge is 0.387 e. The second-order valence-corrected chi connectivity index (χ2v) is 5.35. The Balaban J connectivity index is 1.82. The molecule has 18 heavy (non-hydrogen) atoms. The maximum Gasteiger partial charge on any atom is 0.228 e. The highest BCUT2D eigenvalue weighted by atomic mass is 32.1. The van der Waals surface area contributed by atoms with Crippen LogP contribution in [0.3, 0.4) is 0 Å². The Hall–Kier alpha value is -0.980.